The van der Waals surface area contributed by atoms with Crippen LogP contribution in [0, 0.1) is 0 Å². The first-order valence-corrected chi connectivity index (χ1v) is 17.0. The Morgan fingerprint density at radius 1 is 0.960 bits per heavy atom. The van der Waals surface area contributed by atoms with Crippen LogP contribution in [0.3, 0.4) is 0 Å². The van der Waals surface area contributed by atoms with E-state index in [4.69, 9.17) is 14.6 Å². The Bertz CT molecular complexity index is 1930. The van der Waals surface area contributed by atoms with E-state index in [-0.39, 0.29) is 36.6 Å². The summed E-state index contributed by atoms with van der Waals surface area (Å²) in [7, 11) is 1.61. The molecule has 5 aromatic rings. The molecule has 1 aromatic heterocycles. The highest BCUT2D eigenvalue weighted by Crippen LogP contribution is 2.41. The standard InChI is InChI=1S/C38H36F3N3O4.C2H6/c1-24(25-8-10-26(11-9-25)37(46)42-18-5-19-45)44-35(29-13-12-28-21-32(47-2)16-14-27(28)20-29)23-34(43-44)33-22-30(38(39,40)41)15-17-36(33)48-31-6-3-4-7-31;1-2/h8-17,19-24,31H,3-7,18H2,1-2H3,(H,42,46);1-2H3. The molecule has 4 aromatic carbocycles. The maximum Gasteiger partial charge on any atom is 0.416 e. The average Bonchev–Trinajstić information content (AvgIpc) is 3.82. The molecule has 1 aliphatic rings. The van der Waals surface area contributed by atoms with Gasteiger partial charge in [0.25, 0.3) is 5.91 Å². The largest absolute Gasteiger partial charge is 0.497 e. The van der Waals surface area contributed by atoms with Crippen LogP contribution in [0.1, 0.15) is 80.4 Å². The molecule has 1 amide bonds. The normalized spacial score (nSPS) is 13.7. The number of benzene rings is 4. The van der Waals surface area contributed by atoms with E-state index in [1.165, 1.54) is 6.07 Å². The number of carbonyl (C=O) groups excluding carboxylic acids is 2. The molecular weight excluding hydrogens is 643 g/mol. The Morgan fingerprint density at radius 2 is 1.66 bits per heavy atom. The number of hydrogen-bond acceptors (Lipinski definition) is 5. The van der Waals surface area contributed by atoms with Crippen LogP contribution >= 0.6 is 0 Å². The van der Waals surface area contributed by atoms with E-state index in [1.807, 2.05) is 75.4 Å². The van der Waals surface area contributed by atoms with Crippen molar-refractivity contribution < 1.29 is 32.2 Å². The lowest BCUT2D eigenvalue weighted by Crippen LogP contribution is -2.24. The fraction of sp³-hybridized carbons (Fsp3) is 0.325. The van der Waals surface area contributed by atoms with Crippen LogP contribution in [0.2, 0.25) is 0 Å². The number of alkyl halides is 3. The van der Waals surface area contributed by atoms with E-state index in [1.54, 1.807) is 23.9 Å². The number of aldehydes is 1. The molecule has 7 nitrogen and oxygen atoms in total. The molecule has 6 rings (SSSR count). The van der Waals surface area contributed by atoms with E-state index >= 15 is 0 Å². The minimum atomic E-state index is -4.54. The van der Waals surface area contributed by atoms with Gasteiger partial charge in [-0.15, -0.1) is 0 Å². The summed E-state index contributed by atoms with van der Waals surface area (Å²) in [5.74, 6) is 0.816. The zero-order valence-electron chi connectivity index (χ0n) is 28.7. The van der Waals surface area contributed by atoms with Gasteiger partial charge in [0, 0.05) is 29.7 Å². The van der Waals surface area contributed by atoms with Crippen LogP contribution in [0.5, 0.6) is 11.5 Å². The van der Waals surface area contributed by atoms with Crippen molar-refractivity contribution in [1.29, 1.82) is 0 Å². The number of rotatable bonds is 11. The molecule has 1 unspecified atom stereocenters. The first-order valence-electron chi connectivity index (χ1n) is 17.0. The van der Waals surface area contributed by atoms with Crippen LogP contribution < -0.4 is 14.8 Å². The lowest BCUT2D eigenvalue weighted by Gasteiger charge is -2.18. The second kappa shape index (κ2) is 16.1. The Balaban J connectivity index is 0.00000239. The van der Waals surface area contributed by atoms with E-state index in [0.717, 1.165) is 71.8 Å². The van der Waals surface area contributed by atoms with Crippen LogP contribution in [-0.4, -0.2) is 41.7 Å². The van der Waals surface area contributed by atoms with Gasteiger partial charge < -0.3 is 19.6 Å². The zero-order chi connectivity index (χ0) is 35.8. The van der Waals surface area contributed by atoms with E-state index < -0.39 is 11.7 Å². The molecule has 0 radical (unpaired) electrons. The van der Waals surface area contributed by atoms with Crippen LogP contribution in [0.15, 0.2) is 84.9 Å². The highest BCUT2D eigenvalue weighted by Gasteiger charge is 2.32. The molecule has 0 aliphatic heterocycles. The van der Waals surface area contributed by atoms with Crippen LogP contribution in [-0.2, 0) is 11.0 Å². The maximum absolute atomic E-state index is 14.0. The smallest absolute Gasteiger partial charge is 0.416 e. The van der Waals surface area contributed by atoms with Gasteiger partial charge in [0.1, 0.15) is 17.8 Å². The Labute approximate surface area is 290 Å². The molecule has 1 fully saturated rings. The van der Waals surface area contributed by atoms with Crippen molar-refractivity contribution in [1.82, 2.24) is 15.1 Å². The number of halogens is 3. The number of amides is 1. The van der Waals surface area contributed by atoms with Crippen LogP contribution in [0.4, 0.5) is 13.2 Å². The van der Waals surface area contributed by atoms with Crippen molar-refractivity contribution in [3.63, 3.8) is 0 Å². The van der Waals surface area contributed by atoms with Crippen molar-refractivity contribution in [2.45, 2.75) is 71.2 Å². The summed E-state index contributed by atoms with van der Waals surface area (Å²) >= 11 is 0. The zero-order valence-corrected chi connectivity index (χ0v) is 28.7. The molecular formula is C40H42F3N3O4. The number of nitrogens with one attached hydrogen (secondary N) is 1. The summed E-state index contributed by atoms with van der Waals surface area (Å²) in [4.78, 5) is 23.2. The van der Waals surface area contributed by atoms with Gasteiger partial charge in [-0.1, -0.05) is 44.2 Å². The molecule has 1 atom stereocenters. The topological polar surface area (TPSA) is 82.4 Å². The summed E-state index contributed by atoms with van der Waals surface area (Å²) < 4.78 is 55.4. The number of nitrogens with zero attached hydrogens (tertiary/aromatic N) is 2. The monoisotopic (exact) mass is 685 g/mol. The molecule has 1 heterocycles. The quantitative estimate of drug-likeness (QED) is 0.111. The third-order valence-corrected chi connectivity index (χ3v) is 8.83. The minimum Gasteiger partial charge on any atom is -0.497 e. The number of carbonyl (C=O) groups is 2. The summed E-state index contributed by atoms with van der Waals surface area (Å²) in [6.07, 6.45) is 0.110. The molecule has 1 N–H and O–H groups in total. The molecule has 1 aliphatic carbocycles. The van der Waals surface area contributed by atoms with Crippen molar-refractivity contribution in [3.05, 3.63) is 102 Å². The lowest BCUT2D eigenvalue weighted by atomic mass is 10.0. The number of hydrogen-bond donors (Lipinski definition) is 1. The molecule has 262 valence electrons. The van der Waals surface area contributed by atoms with Gasteiger partial charge in [0.15, 0.2) is 0 Å². The van der Waals surface area contributed by atoms with Gasteiger partial charge in [-0.2, -0.15) is 18.3 Å². The average molecular weight is 686 g/mol. The fourth-order valence-electron chi connectivity index (χ4n) is 6.14. The number of ether oxygens (including phenoxy) is 2. The predicted molar refractivity (Wildman–Crippen MR) is 190 cm³/mol. The Kier molecular flexibility index (Phi) is 11.6. The summed E-state index contributed by atoms with van der Waals surface area (Å²) in [6.45, 7) is 6.20. The SMILES string of the molecule is CC.COc1ccc2cc(-c3cc(-c4cc(C(F)(F)F)ccc4OC4CCCC4)nn3C(C)c3ccc(C(=O)NCCC=O)cc3)ccc2c1. The van der Waals surface area contributed by atoms with E-state index in [2.05, 4.69) is 5.32 Å². The fourth-order valence-corrected chi connectivity index (χ4v) is 6.14. The molecule has 10 heteroatoms. The Hall–Kier alpha value is -5.12. The van der Waals surface area contributed by atoms with Gasteiger partial charge in [-0.25, -0.2) is 0 Å². The first kappa shape index (κ1) is 36.2. The number of methoxy groups -OCH3 is 1. The summed E-state index contributed by atoms with van der Waals surface area (Å²) in [6, 6.07) is 23.8. The molecule has 0 bridgehead atoms. The lowest BCUT2D eigenvalue weighted by molar-refractivity contribution is -0.137. The molecule has 1 saturated carbocycles. The second-order valence-corrected chi connectivity index (χ2v) is 12.0. The highest BCUT2D eigenvalue weighted by molar-refractivity contribution is 5.94. The highest BCUT2D eigenvalue weighted by atomic mass is 19.4. The predicted octanol–water partition coefficient (Wildman–Crippen LogP) is 9.67. The number of fused-ring (bicyclic) bond motifs is 1. The van der Waals surface area contributed by atoms with Gasteiger partial charge >= 0.3 is 6.18 Å². The summed E-state index contributed by atoms with van der Waals surface area (Å²) in [5, 5.41) is 9.59. The summed E-state index contributed by atoms with van der Waals surface area (Å²) in [5.41, 5.74) is 2.67. The first-order chi connectivity index (χ1) is 24.1. The molecule has 0 spiro atoms. The second-order valence-electron chi connectivity index (χ2n) is 12.0. The minimum absolute atomic E-state index is 0.0624. The third-order valence-electron chi connectivity index (χ3n) is 8.83. The van der Waals surface area contributed by atoms with Crippen molar-refractivity contribution in [3.8, 4) is 34.0 Å². The van der Waals surface area contributed by atoms with Gasteiger partial charge in [-0.3, -0.25) is 9.48 Å². The third kappa shape index (κ3) is 8.18. The van der Waals surface area contributed by atoms with Crippen molar-refractivity contribution in [2.24, 2.45) is 0 Å². The van der Waals surface area contributed by atoms with E-state index in [0.29, 0.717) is 22.7 Å². The molecule has 0 saturated heterocycles. The Morgan fingerprint density at radius 3 is 2.34 bits per heavy atom. The van der Waals surface area contributed by atoms with E-state index in [9.17, 15) is 22.8 Å². The van der Waals surface area contributed by atoms with Crippen LogP contribution in [0.25, 0.3) is 33.3 Å². The maximum atomic E-state index is 14.0. The van der Waals surface area contributed by atoms with Gasteiger partial charge in [-0.05, 0) is 104 Å². The number of aromatic nitrogens is 2. The molecule has 50 heavy (non-hydrogen) atoms. The van der Waals surface area contributed by atoms with Crippen molar-refractivity contribution >= 4 is 23.0 Å². The van der Waals surface area contributed by atoms with Gasteiger partial charge in [0.2, 0.25) is 0 Å². The van der Waals surface area contributed by atoms with Crippen molar-refractivity contribution in [2.75, 3.05) is 13.7 Å². The van der Waals surface area contributed by atoms with Gasteiger partial charge in [0.05, 0.1) is 36.2 Å².